The fraction of sp³-hybridized carbons (Fsp3) is 0.643. The first-order valence-electron chi connectivity index (χ1n) is 6.89. The summed E-state index contributed by atoms with van der Waals surface area (Å²) in [5.74, 6) is 1.34. The van der Waals surface area contributed by atoms with Crippen molar-refractivity contribution in [2.24, 2.45) is 11.3 Å². The van der Waals surface area contributed by atoms with E-state index in [9.17, 15) is 4.79 Å². The lowest BCUT2D eigenvalue weighted by Gasteiger charge is -2.35. The third-order valence-corrected chi connectivity index (χ3v) is 4.24. The van der Waals surface area contributed by atoms with Crippen LogP contribution >= 0.6 is 0 Å². The Balaban J connectivity index is 1.57. The van der Waals surface area contributed by atoms with Crippen molar-refractivity contribution >= 4 is 11.9 Å². The molecule has 1 aromatic rings. The molecule has 1 saturated carbocycles. The van der Waals surface area contributed by atoms with E-state index in [0.717, 1.165) is 38.5 Å². The molecule has 1 atom stereocenters. The van der Waals surface area contributed by atoms with Crippen molar-refractivity contribution in [3.63, 3.8) is 0 Å². The van der Waals surface area contributed by atoms with Gasteiger partial charge in [-0.3, -0.25) is 4.79 Å². The minimum absolute atomic E-state index is 0.219. The largest absolute Gasteiger partial charge is 0.339 e. The van der Waals surface area contributed by atoms with Gasteiger partial charge < -0.3 is 9.80 Å². The van der Waals surface area contributed by atoms with Gasteiger partial charge in [0.2, 0.25) is 11.9 Å². The SMILES string of the molecule is CC1(C)CC1C(=O)N1CCN(c2ncccn2)CC1. The molecule has 0 aromatic carbocycles. The van der Waals surface area contributed by atoms with Gasteiger partial charge >= 0.3 is 0 Å². The number of piperazine rings is 1. The van der Waals surface area contributed by atoms with Crippen molar-refractivity contribution in [1.29, 1.82) is 0 Å². The molecule has 2 heterocycles. The van der Waals surface area contributed by atoms with Gasteiger partial charge in [0, 0.05) is 44.5 Å². The molecule has 19 heavy (non-hydrogen) atoms. The monoisotopic (exact) mass is 260 g/mol. The highest BCUT2D eigenvalue weighted by atomic mass is 16.2. The molecule has 102 valence electrons. The van der Waals surface area contributed by atoms with Crippen LogP contribution in [0.4, 0.5) is 5.95 Å². The number of carbonyl (C=O) groups excluding carboxylic acids is 1. The first kappa shape index (κ1) is 12.4. The third-order valence-electron chi connectivity index (χ3n) is 4.24. The molecule has 2 aliphatic rings. The predicted molar refractivity (Wildman–Crippen MR) is 72.7 cm³/mol. The van der Waals surface area contributed by atoms with Gasteiger partial charge in [0.25, 0.3) is 0 Å². The van der Waals surface area contributed by atoms with E-state index in [4.69, 9.17) is 0 Å². The normalized spacial score (nSPS) is 25.3. The number of carbonyl (C=O) groups is 1. The molecule has 0 spiro atoms. The van der Waals surface area contributed by atoms with Crippen LogP contribution in [0.5, 0.6) is 0 Å². The van der Waals surface area contributed by atoms with Crippen LogP contribution in [0.2, 0.25) is 0 Å². The lowest BCUT2D eigenvalue weighted by molar-refractivity contribution is -0.133. The predicted octanol–water partition coefficient (Wildman–Crippen LogP) is 1.17. The van der Waals surface area contributed by atoms with Crippen LogP contribution in [-0.2, 0) is 4.79 Å². The molecule has 3 rings (SSSR count). The average Bonchev–Trinajstić information content (AvgIpc) is 3.08. The molecule has 5 heteroatoms. The van der Waals surface area contributed by atoms with Crippen molar-refractivity contribution < 1.29 is 4.79 Å². The summed E-state index contributed by atoms with van der Waals surface area (Å²) in [4.78, 5) is 24.9. The molecule has 2 fully saturated rings. The molecule has 1 amide bonds. The van der Waals surface area contributed by atoms with E-state index in [0.29, 0.717) is 5.91 Å². The summed E-state index contributed by atoms with van der Waals surface area (Å²) in [6, 6.07) is 1.82. The van der Waals surface area contributed by atoms with Gasteiger partial charge in [-0.25, -0.2) is 9.97 Å². The molecule has 1 saturated heterocycles. The van der Waals surface area contributed by atoms with Crippen LogP contribution in [0.1, 0.15) is 20.3 Å². The molecular formula is C14H20N4O. The Morgan fingerprint density at radius 2 is 1.79 bits per heavy atom. The van der Waals surface area contributed by atoms with Gasteiger partial charge in [-0.15, -0.1) is 0 Å². The van der Waals surface area contributed by atoms with Gasteiger partial charge in [-0.1, -0.05) is 13.8 Å². The van der Waals surface area contributed by atoms with E-state index >= 15 is 0 Å². The van der Waals surface area contributed by atoms with Crippen LogP contribution in [0.3, 0.4) is 0 Å². The van der Waals surface area contributed by atoms with Crippen molar-refractivity contribution in [2.45, 2.75) is 20.3 Å². The molecule has 1 unspecified atom stereocenters. The van der Waals surface area contributed by atoms with Gasteiger partial charge in [-0.2, -0.15) is 0 Å². The Morgan fingerprint density at radius 1 is 1.21 bits per heavy atom. The summed E-state index contributed by atoms with van der Waals surface area (Å²) in [5.41, 5.74) is 0.219. The maximum absolute atomic E-state index is 12.3. The topological polar surface area (TPSA) is 49.3 Å². The van der Waals surface area contributed by atoms with Gasteiger partial charge in [0.1, 0.15) is 0 Å². The molecular weight excluding hydrogens is 240 g/mol. The number of rotatable bonds is 2. The first-order chi connectivity index (χ1) is 9.08. The van der Waals surface area contributed by atoms with Crippen molar-refractivity contribution in [1.82, 2.24) is 14.9 Å². The lowest BCUT2D eigenvalue weighted by atomic mass is 10.1. The maximum Gasteiger partial charge on any atom is 0.226 e. The van der Waals surface area contributed by atoms with Crippen LogP contribution in [0.15, 0.2) is 18.5 Å². The summed E-state index contributed by atoms with van der Waals surface area (Å²) in [6.45, 7) is 7.55. The van der Waals surface area contributed by atoms with Gasteiger partial charge in [0.05, 0.1) is 0 Å². The van der Waals surface area contributed by atoms with E-state index < -0.39 is 0 Å². The summed E-state index contributed by atoms with van der Waals surface area (Å²) < 4.78 is 0. The Labute approximate surface area is 113 Å². The second-order valence-electron chi connectivity index (χ2n) is 6.11. The fourth-order valence-corrected chi connectivity index (χ4v) is 2.69. The zero-order valence-corrected chi connectivity index (χ0v) is 11.5. The number of anilines is 1. The zero-order chi connectivity index (χ0) is 13.5. The number of amides is 1. The minimum Gasteiger partial charge on any atom is -0.339 e. The Bertz CT molecular complexity index is 466. The smallest absolute Gasteiger partial charge is 0.226 e. The van der Waals surface area contributed by atoms with Crippen molar-refractivity contribution in [3.8, 4) is 0 Å². The third kappa shape index (κ3) is 2.41. The molecule has 1 aliphatic heterocycles. The quantitative estimate of drug-likeness (QED) is 0.801. The lowest BCUT2D eigenvalue weighted by Crippen LogP contribution is -2.50. The second kappa shape index (κ2) is 4.47. The Morgan fingerprint density at radius 3 is 2.32 bits per heavy atom. The first-order valence-corrected chi connectivity index (χ1v) is 6.89. The zero-order valence-electron chi connectivity index (χ0n) is 11.5. The Kier molecular flexibility index (Phi) is 2.92. The molecule has 0 bridgehead atoms. The number of hydrogen-bond acceptors (Lipinski definition) is 4. The van der Waals surface area contributed by atoms with E-state index in [-0.39, 0.29) is 11.3 Å². The Hall–Kier alpha value is -1.65. The fourth-order valence-electron chi connectivity index (χ4n) is 2.69. The second-order valence-corrected chi connectivity index (χ2v) is 6.11. The van der Waals surface area contributed by atoms with Crippen LogP contribution in [0.25, 0.3) is 0 Å². The molecule has 1 aliphatic carbocycles. The average molecular weight is 260 g/mol. The highest BCUT2D eigenvalue weighted by Gasteiger charge is 2.52. The minimum atomic E-state index is 0.219. The number of hydrogen-bond donors (Lipinski definition) is 0. The summed E-state index contributed by atoms with van der Waals surface area (Å²) in [7, 11) is 0. The maximum atomic E-state index is 12.3. The summed E-state index contributed by atoms with van der Waals surface area (Å²) >= 11 is 0. The standard InChI is InChI=1S/C14H20N4O/c1-14(2)10-11(14)12(19)17-6-8-18(9-7-17)13-15-4-3-5-16-13/h3-5,11H,6-10H2,1-2H3. The molecule has 0 radical (unpaired) electrons. The molecule has 5 nitrogen and oxygen atoms in total. The number of aromatic nitrogens is 2. The van der Waals surface area contributed by atoms with Crippen LogP contribution in [-0.4, -0.2) is 47.0 Å². The van der Waals surface area contributed by atoms with Gasteiger partial charge in [-0.05, 0) is 17.9 Å². The van der Waals surface area contributed by atoms with Crippen molar-refractivity contribution in [2.75, 3.05) is 31.1 Å². The highest BCUT2D eigenvalue weighted by Crippen LogP contribution is 2.52. The van der Waals surface area contributed by atoms with E-state index in [1.165, 1.54) is 0 Å². The summed E-state index contributed by atoms with van der Waals surface area (Å²) in [5, 5.41) is 0. The van der Waals surface area contributed by atoms with Gasteiger partial charge in [0.15, 0.2) is 0 Å². The summed E-state index contributed by atoms with van der Waals surface area (Å²) in [6.07, 6.45) is 4.55. The van der Waals surface area contributed by atoms with E-state index in [2.05, 4.69) is 28.7 Å². The van der Waals surface area contributed by atoms with E-state index in [1.54, 1.807) is 12.4 Å². The van der Waals surface area contributed by atoms with Crippen molar-refractivity contribution in [3.05, 3.63) is 18.5 Å². The molecule has 1 aromatic heterocycles. The van der Waals surface area contributed by atoms with E-state index in [1.807, 2.05) is 11.0 Å². The molecule has 0 N–H and O–H groups in total. The van der Waals surface area contributed by atoms with Crippen LogP contribution in [0, 0.1) is 11.3 Å². The number of nitrogens with zero attached hydrogens (tertiary/aromatic N) is 4. The van der Waals surface area contributed by atoms with Crippen LogP contribution < -0.4 is 4.90 Å². The highest BCUT2D eigenvalue weighted by molar-refractivity contribution is 5.82.